The van der Waals surface area contributed by atoms with Crippen molar-refractivity contribution in [3.05, 3.63) is 65.7 Å². The molecule has 0 bridgehead atoms. The molecule has 0 amide bonds. The van der Waals surface area contributed by atoms with Gasteiger partial charge in [-0.1, -0.05) is 42.5 Å². The molecule has 0 heterocycles. The van der Waals surface area contributed by atoms with Crippen molar-refractivity contribution in [2.24, 2.45) is 0 Å². The summed E-state index contributed by atoms with van der Waals surface area (Å²) in [6, 6.07) is 17.5. The monoisotopic (exact) mass is 301 g/mol. The third kappa shape index (κ3) is 4.84. The fourth-order valence-corrected chi connectivity index (χ4v) is 2.42. The van der Waals surface area contributed by atoms with E-state index in [0.717, 1.165) is 16.9 Å². The van der Waals surface area contributed by atoms with Gasteiger partial charge in [0.15, 0.2) is 0 Å². The highest BCUT2D eigenvalue weighted by molar-refractivity contribution is 5.30. The molecule has 1 unspecified atom stereocenters. The Morgan fingerprint density at radius 3 is 2.55 bits per heavy atom. The van der Waals surface area contributed by atoms with Gasteiger partial charge in [-0.2, -0.15) is 0 Å². The quantitative estimate of drug-likeness (QED) is 0.785. The summed E-state index contributed by atoms with van der Waals surface area (Å²) < 4.78 is 5.19. The Hall–Kier alpha value is -1.88. The zero-order valence-electron chi connectivity index (χ0n) is 12.9. The molecule has 2 aromatic carbocycles. The van der Waals surface area contributed by atoms with Gasteiger partial charge in [0, 0.05) is 19.6 Å². The minimum Gasteiger partial charge on any atom is -0.497 e. The topological polar surface area (TPSA) is 52.9 Å². The van der Waals surface area contributed by atoms with Gasteiger partial charge >= 0.3 is 0 Å². The highest BCUT2D eigenvalue weighted by Crippen LogP contribution is 2.20. The van der Waals surface area contributed by atoms with Gasteiger partial charge in [-0.05, 0) is 23.3 Å². The Bertz CT molecular complexity index is 559. The lowest BCUT2D eigenvalue weighted by Crippen LogP contribution is -2.31. The standard InChI is InChI=1S/C18H23NO3/c1-22-17-9-5-8-16(12-17)18(21)14-19(10-11-20)13-15-6-3-2-4-7-15/h2-9,12,18,20-21H,10-11,13-14H2,1H3. The third-order valence-corrected chi connectivity index (χ3v) is 3.57. The second-order valence-electron chi connectivity index (χ2n) is 5.24. The molecule has 4 nitrogen and oxygen atoms in total. The molecule has 0 aromatic heterocycles. The van der Waals surface area contributed by atoms with E-state index < -0.39 is 6.10 Å². The lowest BCUT2D eigenvalue weighted by atomic mass is 10.1. The van der Waals surface area contributed by atoms with Gasteiger partial charge in [-0.25, -0.2) is 0 Å². The lowest BCUT2D eigenvalue weighted by molar-refractivity contribution is 0.0955. The average Bonchev–Trinajstić information content (AvgIpc) is 2.56. The van der Waals surface area contributed by atoms with Crippen molar-refractivity contribution in [1.29, 1.82) is 0 Å². The summed E-state index contributed by atoms with van der Waals surface area (Å²) in [4.78, 5) is 2.04. The first kappa shape index (κ1) is 16.5. The molecule has 0 aliphatic rings. The van der Waals surface area contributed by atoms with Crippen LogP contribution in [0.3, 0.4) is 0 Å². The maximum atomic E-state index is 10.4. The van der Waals surface area contributed by atoms with Crippen LogP contribution in [0.4, 0.5) is 0 Å². The lowest BCUT2D eigenvalue weighted by Gasteiger charge is -2.24. The number of benzene rings is 2. The van der Waals surface area contributed by atoms with E-state index in [1.807, 2.05) is 59.5 Å². The number of aliphatic hydroxyl groups is 2. The highest BCUT2D eigenvalue weighted by Gasteiger charge is 2.14. The van der Waals surface area contributed by atoms with E-state index in [4.69, 9.17) is 4.74 Å². The zero-order chi connectivity index (χ0) is 15.8. The molecule has 0 saturated carbocycles. The number of hydrogen-bond donors (Lipinski definition) is 2. The van der Waals surface area contributed by atoms with Crippen LogP contribution in [-0.4, -0.2) is 41.9 Å². The molecule has 22 heavy (non-hydrogen) atoms. The van der Waals surface area contributed by atoms with Gasteiger partial charge in [0.1, 0.15) is 5.75 Å². The molecular formula is C18H23NO3. The van der Waals surface area contributed by atoms with Gasteiger partial charge in [-0.3, -0.25) is 4.90 Å². The number of methoxy groups -OCH3 is 1. The molecular weight excluding hydrogens is 278 g/mol. The van der Waals surface area contributed by atoms with Crippen molar-refractivity contribution in [2.75, 3.05) is 26.8 Å². The van der Waals surface area contributed by atoms with Crippen LogP contribution in [0.5, 0.6) is 5.75 Å². The van der Waals surface area contributed by atoms with Crippen LogP contribution in [-0.2, 0) is 6.54 Å². The Morgan fingerprint density at radius 1 is 1.09 bits per heavy atom. The molecule has 2 aromatic rings. The van der Waals surface area contributed by atoms with Crippen LogP contribution >= 0.6 is 0 Å². The Morgan fingerprint density at radius 2 is 1.86 bits per heavy atom. The van der Waals surface area contributed by atoms with Gasteiger partial charge in [0.25, 0.3) is 0 Å². The van der Waals surface area contributed by atoms with Crippen molar-refractivity contribution in [2.45, 2.75) is 12.6 Å². The minimum atomic E-state index is -0.620. The second-order valence-corrected chi connectivity index (χ2v) is 5.24. The molecule has 1 atom stereocenters. The molecule has 0 fully saturated rings. The van der Waals surface area contributed by atoms with E-state index in [-0.39, 0.29) is 6.61 Å². The van der Waals surface area contributed by atoms with E-state index >= 15 is 0 Å². The smallest absolute Gasteiger partial charge is 0.119 e. The van der Waals surface area contributed by atoms with Crippen molar-refractivity contribution in [1.82, 2.24) is 4.90 Å². The van der Waals surface area contributed by atoms with Crippen LogP contribution in [0, 0.1) is 0 Å². The SMILES string of the molecule is COc1cccc(C(O)CN(CCO)Cc2ccccc2)c1. The maximum absolute atomic E-state index is 10.4. The van der Waals surface area contributed by atoms with Crippen molar-refractivity contribution in [3.63, 3.8) is 0 Å². The summed E-state index contributed by atoms with van der Waals surface area (Å²) in [5.41, 5.74) is 1.98. The minimum absolute atomic E-state index is 0.0671. The summed E-state index contributed by atoms with van der Waals surface area (Å²) in [6.07, 6.45) is -0.620. The average molecular weight is 301 g/mol. The molecule has 0 saturated heterocycles. The first-order chi connectivity index (χ1) is 10.7. The predicted molar refractivity (Wildman–Crippen MR) is 86.8 cm³/mol. The molecule has 4 heteroatoms. The van der Waals surface area contributed by atoms with E-state index in [2.05, 4.69) is 0 Å². The summed E-state index contributed by atoms with van der Waals surface area (Å²) >= 11 is 0. The Balaban J connectivity index is 2.03. The third-order valence-electron chi connectivity index (χ3n) is 3.57. The molecule has 0 radical (unpaired) electrons. The van der Waals surface area contributed by atoms with Crippen LogP contribution in [0.2, 0.25) is 0 Å². The molecule has 2 N–H and O–H groups in total. The van der Waals surface area contributed by atoms with Gasteiger partial charge in [0.05, 0.1) is 19.8 Å². The fraction of sp³-hybridized carbons (Fsp3) is 0.333. The maximum Gasteiger partial charge on any atom is 0.119 e. The fourth-order valence-electron chi connectivity index (χ4n) is 2.42. The summed E-state index contributed by atoms with van der Waals surface area (Å²) in [7, 11) is 1.61. The van der Waals surface area contributed by atoms with E-state index in [0.29, 0.717) is 19.6 Å². The van der Waals surface area contributed by atoms with Gasteiger partial charge < -0.3 is 14.9 Å². The summed E-state index contributed by atoms with van der Waals surface area (Å²) in [5.74, 6) is 0.730. The first-order valence-electron chi connectivity index (χ1n) is 7.42. The predicted octanol–water partition coefficient (Wildman–Crippen LogP) is 2.22. The van der Waals surface area contributed by atoms with Crippen LogP contribution in [0.15, 0.2) is 54.6 Å². The van der Waals surface area contributed by atoms with Crippen LogP contribution < -0.4 is 4.74 Å². The number of ether oxygens (including phenoxy) is 1. The second kappa shape index (κ2) is 8.54. The van der Waals surface area contributed by atoms with Gasteiger partial charge in [0.2, 0.25) is 0 Å². The number of rotatable bonds is 8. The van der Waals surface area contributed by atoms with Gasteiger partial charge in [-0.15, -0.1) is 0 Å². The van der Waals surface area contributed by atoms with E-state index in [9.17, 15) is 10.2 Å². The van der Waals surface area contributed by atoms with Crippen molar-refractivity contribution >= 4 is 0 Å². The van der Waals surface area contributed by atoms with Crippen LogP contribution in [0.1, 0.15) is 17.2 Å². The van der Waals surface area contributed by atoms with Crippen molar-refractivity contribution in [3.8, 4) is 5.75 Å². The Labute approximate surface area is 131 Å². The molecule has 0 aliphatic carbocycles. The normalized spacial score (nSPS) is 12.4. The summed E-state index contributed by atoms with van der Waals surface area (Å²) in [6.45, 7) is 1.75. The summed E-state index contributed by atoms with van der Waals surface area (Å²) in [5, 5.41) is 19.7. The first-order valence-corrected chi connectivity index (χ1v) is 7.42. The molecule has 0 spiro atoms. The highest BCUT2D eigenvalue weighted by atomic mass is 16.5. The van der Waals surface area contributed by atoms with E-state index in [1.165, 1.54) is 0 Å². The zero-order valence-corrected chi connectivity index (χ0v) is 12.9. The number of nitrogens with zero attached hydrogens (tertiary/aromatic N) is 1. The van der Waals surface area contributed by atoms with Crippen LogP contribution in [0.25, 0.3) is 0 Å². The molecule has 0 aliphatic heterocycles. The molecule has 2 rings (SSSR count). The van der Waals surface area contributed by atoms with Crippen molar-refractivity contribution < 1.29 is 14.9 Å². The van der Waals surface area contributed by atoms with E-state index in [1.54, 1.807) is 7.11 Å². The largest absolute Gasteiger partial charge is 0.497 e. The Kier molecular flexibility index (Phi) is 6.40. The number of hydrogen-bond acceptors (Lipinski definition) is 4. The molecule has 118 valence electrons. The number of aliphatic hydroxyl groups excluding tert-OH is 2.